The number of phenols is 1. The number of nitrogens with zero attached hydrogens (tertiary/aromatic N) is 1. The second-order valence-electron chi connectivity index (χ2n) is 26.9. The van der Waals surface area contributed by atoms with Gasteiger partial charge in [0.25, 0.3) is 0 Å². The highest BCUT2D eigenvalue weighted by atomic mass is 32.1. The topological polar surface area (TPSA) is 577 Å². The Kier molecular flexibility index (Phi) is 34.1. The Labute approximate surface area is 659 Å². The van der Waals surface area contributed by atoms with Crippen LogP contribution in [0.25, 0.3) is 21.8 Å². The molecule has 7 rings (SSSR count). The third-order valence-corrected chi connectivity index (χ3v) is 18.8. The third kappa shape index (κ3) is 27.2. The van der Waals surface area contributed by atoms with Gasteiger partial charge in [-0.1, -0.05) is 78.9 Å². The van der Waals surface area contributed by atoms with Crippen molar-refractivity contribution in [1.29, 1.82) is 0 Å². The van der Waals surface area contributed by atoms with Crippen LogP contribution >= 0.6 is 25.3 Å². The van der Waals surface area contributed by atoms with Crippen molar-refractivity contribution in [1.82, 2.24) is 83.7 Å². The molecule has 3 aromatic heterocycles. The van der Waals surface area contributed by atoms with Crippen molar-refractivity contribution in [3.63, 3.8) is 0 Å². The van der Waals surface area contributed by atoms with Gasteiger partial charge in [-0.3, -0.25) is 67.1 Å². The molecule has 38 heteroatoms. The van der Waals surface area contributed by atoms with Gasteiger partial charge in [0.05, 0.1) is 25.1 Å². The minimum absolute atomic E-state index is 0.000180. The lowest BCUT2D eigenvalue weighted by Crippen LogP contribution is -2.63. The van der Waals surface area contributed by atoms with Crippen LogP contribution in [0, 0.1) is 0 Å². The van der Waals surface area contributed by atoms with Crippen molar-refractivity contribution in [2.45, 2.75) is 164 Å². The van der Waals surface area contributed by atoms with Crippen LogP contribution in [0.2, 0.25) is 0 Å². The maximum absolute atomic E-state index is 15.2. The molecule has 13 atom stereocenters. The number of carboxylic acids is 1. The van der Waals surface area contributed by atoms with Crippen molar-refractivity contribution in [2.75, 3.05) is 24.6 Å². The summed E-state index contributed by atoms with van der Waals surface area (Å²) in [5.41, 5.74) is 14.3. The summed E-state index contributed by atoms with van der Waals surface area (Å²) in [7, 11) is 0. The first-order valence-electron chi connectivity index (χ1n) is 36.2. The van der Waals surface area contributed by atoms with Crippen LogP contribution in [0.15, 0.2) is 128 Å². The van der Waals surface area contributed by atoms with Crippen molar-refractivity contribution in [3.05, 3.63) is 156 Å². The van der Waals surface area contributed by atoms with Gasteiger partial charge in [0, 0.05) is 103 Å². The maximum atomic E-state index is 15.2. The number of imidazole rings is 1. The molecule has 0 radical (unpaired) electrons. The van der Waals surface area contributed by atoms with Crippen LogP contribution in [0.4, 0.5) is 0 Å². The summed E-state index contributed by atoms with van der Waals surface area (Å²) in [6.45, 7) is 3.13. The molecule has 0 saturated carbocycles. The van der Waals surface area contributed by atoms with E-state index in [1.165, 1.54) is 50.6 Å². The quantitative estimate of drug-likeness (QED) is 0.0135. The van der Waals surface area contributed by atoms with Gasteiger partial charge in [-0.05, 0) is 92.6 Å². The summed E-state index contributed by atoms with van der Waals surface area (Å²) in [5, 5.41) is 74.0. The molecule has 0 unspecified atom stereocenters. The van der Waals surface area contributed by atoms with Gasteiger partial charge in [0.2, 0.25) is 76.8 Å². The highest BCUT2D eigenvalue weighted by Gasteiger charge is 2.39. The molecule has 36 nitrogen and oxygen atoms in total. The molecule has 0 saturated heterocycles. The number of aliphatic carboxylic acids is 1. The molecule has 0 aliphatic rings. The smallest absolute Gasteiger partial charge is 0.303 e. The van der Waals surface area contributed by atoms with E-state index in [1.807, 2.05) is 0 Å². The van der Waals surface area contributed by atoms with Gasteiger partial charge in [-0.15, -0.1) is 0 Å². The Hall–Kier alpha value is -11.9. The van der Waals surface area contributed by atoms with Crippen LogP contribution in [-0.2, 0) is 99.2 Å². The number of amides is 13. The molecule has 0 aliphatic heterocycles. The van der Waals surface area contributed by atoms with E-state index in [9.17, 15) is 78.0 Å². The zero-order valence-corrected chi connectivity index (χ0v) is 63.8. The Balaban J connectivity index is 1.15. The first-order chi connectivity index (χ1) is 53.9. The first kappa shape index (κ1) is 88.3. The normalized spacial score (nSPS) is 14.7. The van der Waals surface area contributed by atoms with E-state index in [4.69, 9.17) is 11.5 Å². The van der Waals surface area contributed by atoms with Gasteiger partial charge < -0.3 is 111 Å². The molecule has 4 aromatic carbocycles. The van der Waals surface area contributed by atoms with Gasteiger partial charge in [0.1, 0.15) is 72.2 Å². The Bertz CT molecular complexity index is 4450. The van der Waals surface area contributed by atoms with Gasteiger partial charge in [-0.2, -0.15) is 25.3 Å². The number of hydrogen-bond acceptors (Lipinski definition) is 21. The SMILES string of the molecule is CC(=O)N[C@@H](CS)C(=O)N[C@@H](CCCCN)C(=O)N[C@H](C(=O)N[C@@H](Cc1c[nH]c2ccccc12)C(=O)N[C@H](C(=O)N[C@@H](CS)C(=O)N[C@@H](Cc1ccc(O)cc1)C(=O)N[C@@H](Cc1c[nH]c2ccccc12)C(=O)N[C@@H](Cc1cnc[nH]1)C(=O)N[C@@H](CCC(=O)O)C(=O)N[C@@H](Cc1ccccc1)C(=O)NCC(N)=O)[C@@H](C)O)[C@@H](C)O. The Morgan fingerprint density at radius 2 is 0.850 bits per heavy atom. The fraction of sp³-hybridized carbons (Fsp3) is 0.400. The van der Waals surface area contributed by atoms with Crippen molar-refractivity contribution in [2.24, 2.45) is 11.5 Å². The molecular formula is C75H96N18O18S2. The molecule has 0 spiro atoms. The predicted molar refractivity (Wildman–Crippen MR) is 418 cm³/mol. The molecular weight excluding hydrogens is 1510 g/mol. The molecule has 13 amide bonds. The maximum Gasteiger partial charge on any atom is 0.303 e. The Morgan fingerprint density at radius 1 is 0.451 bits per heavy atom. The number of carboxylic acid groups (broad SMARTS) is 1. The van der Waals surface area contributed by atoms with Crippen LogP contribution in [0.3, 0.4) is 0 Å². The summed E-state index contributed by atoms with van der Waals surface area (Å²) in [5.74, 6) is -14.8. The number of fused-ring (bicyclic) bond motifs is 2. The number of benzene rings is 4. The van der Waals surface area contributed by atoms with Crippen molar-refractivity contribution >= 4 is 130 Å². The number of nitrogens with two attached hydrogens (primary N) is 2. The van der Waals surface area contributed by atoms with E-state index >= 15 is 9.59 Å². The number of para-hydroxylation sites is 2. The number of H-pyrrole nitrogens is 3. The lowest BCUT2D eigenvalue weighted by atomic mass is 10.0. The monoisotopic (exact) mass is 1600 g/mol. The average Bonchev–Trinajstić information content (AvgIpc) is 1.71. The second kappa shape index (κ2) is 43.7. The van der Waals surface area contributed by atoms with E-state index < -0.39 is 187 Å². The number of nitrogens with one attached hydrogen (secondary N) is 15. The van der Waals surface area contributed by atoms with E-state index in [-0.39, 0.29) is 62.3 Å². The van der Waals surface area contributed by atoms with Crippen molar-refractivity contribution in [3.8, 4) is 5.75 Å². The number of aromatic amines is 3. The number of carbonyl (C=O) groups excluding carboxylic acids is 13. The van der Waals surface area contributed by atoms with Crippen LogP contribution in [-0.4, -0.2) is 226 Å². The summed E-state index contributed by atoms with van der Waals surface area (Å²) < 4.78 is 0. The number of primary amides is 1. The van der Waals surface area contributed by atoms with E-state index in [2.05, 4.69) is 109 Å². The molecule has 0 bridgehead atoms. The van der Waals surface area contributed by atoms with E-state index in [0.29, 0.717) is 56.9 Å². The van der Waals surface area contributed by atoms with Crippen LogP contribution < -0.4 is 75.3 Å². The standard InChI is InChI=1S/C75H96N18O18S2/c1-39(94)63(92-67(103)52(19-11-12-26-76)84-72(108)59(36-112)83-41(3)96)74(110)90-57(30-45-33-80-51-18-10-8-16-49(45)51)71(107)93-64(40(2)95)75(111)91-60(37-113)73(109)87-55(28-43-20-22-47(97)23-21-43)68(104)88-56(29-44-32-79-50-17-9-7-15-48(44)50)69(105)89-58(31-46-34-78-38-82-46)70(106)85-53(24-25-62(99)100)66(102)86-54(65(101)81-35-61(77)98)27-42-13-5-4-6-14-42/h4-10,13-18,20-23,32-34,38-40,52-60,63-64,79-80,94-95,97,112-113H,11-12,19,24-31,35-37,76H2,1-3H3,(H2,77,98)(H,78,82)(H,81,101)(H,83,96)(H,84,108)(H,85,106)(H,86,102)(H,87,109)(H,88,104)(H,89,105)(H,90,110)(H,91,111)(H,92,103)(H,93,107)(H,99,100)/t39-,40-,52+,53+,54+,55+,56+,57+,58+,59+,60+,63+,64+/m1/s1. The average molecular weight is 1600 g/mol. The number of unbranched alkanes of at least 4 members (excludes halogenated alkanes) is 1. The van der Waals surface area contributed by atoms with Gasteiger partial charge in [0.15, 0.2) is 0 Å². The number of carbonyl (C=O) groups is 14. The molecule has 0 fully saturated rings. The zero-order chi connectivity index (χ0) is 82.4. The minimum atomic E-state index is -1.93. The van der Waals surface area contributed by atoms with Crippen LogP contribution in [0.5, 0.6) is 5.75 Å². The number of hydrogen-bond donors (Lipinski definition) is 23. The highest BCUT2D eigenvalue weighted by Crippen LogP contribution is 2.23. The number of aromatic hydroxyl groups is 1. The fourth-order valence-corrected chi connectivity index (χ4v) is 12.6. The summed E-state index contributed by atoms with van der Waals surface area (Å²) in [6.07, 6.45) is 0.374. The number of rotatable bonds is 45. The van der Waals surface area contributed by atoms with E-state index in [0.717, 1.165) is 6.92 Å². The Morgan fingerprint density at radius 3 is 1.31 bits per heavy atom. The van der Waals surface area contributed by atoms with E-state index in [1.54, 1.807) is 91.3 Å². The molecule has 7 aromatic rings. The lowest BCUT2D eigenvalue weighted by molar-refractivity contribution is -0.138. The number of aromatic nitrogens is 4. The number of aliphatic hydroxyl groups excluding tert-OH is 2. The van der Waals surface area contributed by atoms with Gasteiger partial charge in [-0.25, -0.2) is 4.98 Å². The molecule has 0 aliphatic carbocycles. The molecule has 606 valence electrons. The zero-order valence-electron chi connectivity index (χ0n) is 62.0. The van der Waals surface area contributed by atoms with Gasteiger partial charge >= 0.3 is 5.97 Å². The largest absolute Gasteiger partial charge is 0.508 e. The fourth-order valence-electron chi connectivity index (χ4n) is 12.1. The summed E-state index contributed by atoms with van der Waals surface area (Å²) in [4.78, 5) is 208. The number of aliphatic hydroxyl groups is 2. The summed E-state index contributed by atoms with van der Waals surface area (Å²) >= 11 is 8.51. The lowest BCUT2D eigenvalue weighted by Gasteiger charge is -2.29. The molecule has 23 N–H and O–H groups in total. The third-order valence-electron chi connectivity index (χ3n) is 18.1. The second-order valence-corrected chi connectivity index (χ2v) is 27.7. The number of thiol groups is 2. The van der Waals surface area contributed by atoms with Crippen molar-refractivity contribution < 1.29 is 87.5 Å². The first-order valence-corrected chi connectivity index (χ1v) is 37.5. The van der Waals surface area contributed by atoms with Crippen LogP contribution in [0.1, 0.15) is 80.8 Å². The minimum Gasteiger partial charge on any atom is -0.508 e. The molecule has 113 heavy (non-hydrogen) atoms. The predicted octanol–water partition coefficient (Wildman–Crippen LogP) is -2.84. The number of phenolic OH excluding ortho intramolecular Hbond substituents is 1. The highest BCUT2D eigenvalue weighted by molar-refractivity contribution is 7.80. The molecule has 3 heterocycles. The summed E-state index contributed by atoms with van der Waals surface area (Å²) in [6, 6.07) is 10.1.